The van der Waals surface area contributed by atoms with Gasteiger partial charge in [0.2, 0.25) is 10.0 Å². The highest BCUT2D eigenvalue weighted by Crippen LogP contribution is 2.24. The van der Waals surface area contributed by atoms with Gasteiger partial charge in [0, 0.05) is 24.3 Å². The largest absolute Gasteiger partial charge is 0.396 e. The zero-order chi connectivity index (χ0) is 15.6. The van der Waals surface area contributed by atoms with Crippen molar-refractivity contribution in [2.45, 2.75) is 37.1 Å². The standard InChI is InChI=1S/C12H16F3NO3S/c1-3-12(2,4-5-17)16-20(18,19)11-9(14)6-8(13)7-10(11)15/h6-7,16-17H,3-5H2,1-2H3. The number of aliphatic hydroxyl groups excluding tert-OH is 1. The fourth-order valence-electron chi connectivity index (χ4n) is 1.71. The van der Waals surface area contributed by atoms with Crippen molar-refractivity contribution in [2.24, 2.45) is 0 Å². The van der Waals surface area contributed by atoms with E-state index in [1.807, 2.05) is 0 Å². The van der Waals surface area contributed by atoms with Crippen LogP contribution in [0.5, 0.6) is 0 Å². The number of benzene rings is 1. The lowest BCUT2D eigenvalue weighted by molar-refractivity contribution is 0.233. The maximum absolute atomic E-state index is 13.5. The highest BCUT2D eigenvalue weighted by atomic mass is 32.2. The van der Waals surface area contributed by atoms with E-state index < -0.39 is 37.9 Å². The summed E-state index contributed by atoms with van der Waals surface area (Å²) in [6, 6.07) is 0.597. The molecule has 0 heterocycles. The third kappa shape index (κ3) is 3.71. The van der Waals surface area contributed by atoms with Crippen LogP contribution in [-0.2, 0) is 10.0 Å². The summed E-state index contributed by atoms with van der Waals surface area (Å²) in [5.41, 5.74) is -1.05. The molecule has 0 amide bonds. The van der Waals surface area contributed by atoms with Crippen molar-refractivity contribution in [1.29, 1.82) is 0 Å². The van der Waals surface area contributed by atoms with Crippen LogP contribution in [0.3, 0.4) is 0 Å². The molecule has 20 heavy (non-hydrogen) atoms. The summed E-state index contributed by atoms with van der Waals surface area (Å²) in [6.07, 6.45) is 0.379. The van der Waals surface area contributed by atoms with Crippen molar-refractivity contribution >= 4 is 10.0 Å². The quantitative estimate of drug-likeness (QED) is 0.843. The van der Waals surface area contributed by atoms with E-state index in [1.54, 1.807) is 6.92 Å². The Morgan fingerprint density at radius 3 is 2.15 bits per heavy atom. The highest BCUT2D eigenvalue weighted by molar-refractivity contribution is 7.89. The van der Waals surface area contributed by atoms with Gasteiger partial charge in [0.15, 0.2) is 4.90 Å². The van der Waals surface area contributed by atoms with Gasteiger partial charge in [0.05, 0.1) is 0 Å². The molecule has 4 nitrogen and oxygen atoms in total. The molecule has 2 N–H and O–H groups in total. The lowest BCUT2D eigenvalue weighted by atomic mass is 9.97. The van der Waals surface area contributed by atoms with E-state index in [2.05, 4.69) is 4.72 Å². The van der Waals surface area contributed by atoms with E-state index in [9.17, 15) is 21.6 Å². The lowest BCUT2D eigenvalue weighted by Gasteiger charge is -2.28. The summed E-state index contributed by atoms with van der Waals surface area (Å²) in [4.78, 5) is -1.23. The zero-order valence-corrected chi connectivity index (χ0v) is 11.9. The van der Waals surface area contributed by atoms with E-state index in [0.717, 1.165) is 0 Å². The molecule has 0 saturated heterocycles. The third-order valence-electron chi connectivity index (χ3n) is 3.06. The molecule has 1 unspecified atom stereocenters. The molecule has 0 fully saturated rings. The Labute approximate surface area is 115 Å². The minimum Gasteiger partial charge on any atom is -0.396 e. The van der Waals surface area contributed by atoms with Gasteiger partial charge in [-0.3, -0.25) is 0 Å². The van der Waals surface area contributed by atoms with Crippen LogP contribution < -0.4 is 4.72 Å². The number of hydrogen-bond donors (Lipinski definition) is 2. The minimum absolute atomic E-state index is 0.0766. The smallest absolute Gasteiger partial charge is 0.246 e. The first-order chi connectivity index (χ1) is 9.15. The molecular weight excluding hydrogens is 295 g/mol. The summed E-state index contributed by atoms with van der Waals surface area (Å²) in [7, 11) is -4.51. The van der Waals surface area contributed by atoms with Crippen LogP contribution in [0.25, 0.3) is 0 Å². The van der Waals surface area contributed by atoms with Crippen molar-refractivity contribution in [3.05, 3.63) is 29.6 Å². The second-order valence-corrected chi connectivity index (χ2v) is 6.31. The van der Waals surface area contributed by atoms with Crippen molar-refractivity contribution < 1.29 is 26.7 Å². The number of sulfonamides is 1. The molecule has 0 spiro atoms. The molecule has 1 aromatic carbocycles. The molecule has 1 aromatic rings. The maximum Gasteiger partial charge on any atom is 0.246 e. The normalized spacial score (nSPS) is 15.1. The van der Waals surface area contributed by atoms with Crippen LogP contribution >= 0.6 is 0 Å². The summed E-state index contributed by atoms with van der Waals surface area (Å²) < 4.78 is 66.1. The van der Waals surface area contributed by atoms with Gasteiger partial charge in [0.25, 0.3) is 0 Å². The van der Waals surface area contributed by atoms with Crippen LogP contribution in [0.1, 0.15) is 26.7 Å². The van der Waals surface area contributed by atoms with Crippen LogP contribution in [0.15, 0.2) is 17.0 Å². The van der Waals surface area contributed by atoms with Gasteiger partial charge in [-0.2, -0.15) is 0 Å². The van der Waals surface area contributed by atoms with Crippen molar-refractivity contribution in [1.82, 2.24) is 4.72 Å². The molecule has 0 aromatic heterocycles. The van der Waals surface area contributed by atoms with Gasteiger partial charge in [0.1, 0.15) is 17.5 Å². The van der Waals surface area contributed by atoms with Gasteiger partial charge < -0.3 is 5.11 Å². The molecular formula is C12H16F3NO3S. The summed E-state index contributed by atoms with van der Waals surface area (Å²) in [5.74, 6) is -4.21. The van der Waals surface area contributed by atoms with Gasteiger partial charge in [-0.15, -0.1) is 0 Å². The van der Waals surface area contributed by atoms with Crippen molar-refractivity contribution in [3.8, 4) is 0 Å². The van der Waals surface area contributed by atoms with Crippen LogP contribution in [0, 0.1) is 17.5 Å². The first-order valence-electron chi connectivity index (χ1n) is 5.94. The number of halogens is 3. The predicted octanol–water partition coefficient (Wildman–Crippen LogP) is 1.93. The molecule has 0 saturated carbocycles. The van der Waals surface area contributed by atoms with E-state index in [4.69, 9.17) is 5.11 Å². The zero-order valence-electron chi connectivity index (χ0n) is 11.1. The second-order valence-electron chi connectivity index (χ2n) is 4.69. The van der Waals surface area contributed by atoms with Crippen LogP contribution in [-0.4, -0.2) is 25.7 Å². The SMILES string of the molecule is CCC(C)(CCO)NS(=O)(=O)c1c(F)cc(F)cc1F. The third-order valence-corrected chi connectivity index (χ3v) is 4.75. The number of hydrogen-bond acceptors (Lipinski definition) is 3. The van der Waals surface area contributed by atoms with Gasteiger partial charge in [-0.25, -0.2) is 26.3 Å². The number of nitrogens with one attached hydrogen (secondary N) is 1. The van der Waals surface area contributed by atoms with Crippen LogP contribution in [0.2, 0.25) is 0 Å². The number of rotatable bonds is 6. The van der Waals surface area contributed by atoms with E-state index in [0.29, 0.717) is 18.6 Å². The fraction of sp³-hybridized carbons (Fsp3) is 0.500. The average Bonchev–Trinajstić information content (AvgIpc) is 2.26. The van der Waals surface area contributed by atoms with Gasteiger partial charge >= 0.3 is 0 Å². The van der Waals surface area contributed by atoms with Crippen LogP contribution in [0.4, 0.5) is 13.2 Å². The van der Waals surface area contributed by atoms with Gasteiger partial charge in [-0.05, 0) is 19.8 Å². The minimum atomic E-state index is -4.51. The van der Waals surface area contributed by atoms with Crippen molar-refractivity contribution in [2.75, 3.05) is 6.61 Å². The molecule has 0 aliphatic carbocycles. The van der Waals surface area contributed by atoms with Gasteiger partial charge in [-0.1, -0.05) is 6.92 Å². The lowest BCUT2D eigenvalue weighted by Crippen LogP contribution is -2.46. The fourth-order valence-corrected chi connectivity index (χ4v) is 3.34. The first kappa shape index (κ1) is 16.9. The summed E-state index contributed by atoms with van der Waals surface area (Å²) in [5, 5.41) is 8.91. The molecule has 0 aliphatic heterocycles. The van der Waals surface area contributed by atoms with E-state index in [-0.39, 0.29) is 13.0 Å². The van der Waals surface area contributed by atoms with E-state index in [1.165, 1.54) is 6.92 Å². The Hall–Kier alpha value is -1.12. The Bertz CT molecular complexity index is 569. The Morgan fingerprint density at radius 2 is 1.75 bits per heavy atom. The molecule has 1 atom stereocenters. The molecule has 114 valence electrons. The molecule has 0 bridgehead atoms. The van der Waals surface area contributed by atoms with E-state index >= 15 is 0 Å². The van der Waals surface area contributed by atoms with Crippen molar-refractivity contribution in [3.63, 3.8) is 0 Å². The first-order valence-corrected chi connectivity index (χ1v) is 7.43. The maximum atomic E-state index is 13.5. The summed E-state index contributed by atoms with van der Waals surface area (Å²) in [6.45, 7) is 2.87. The molecule has 0 aliphatic rings. The Balaban J connectivity index is 3.25. The predicted molar refractivity (Wildman–Crippen MR) is 67.0 cm³/mol. The Kier molecular flexibility index (Phi) is 5.17. The number of aliphatic hydroxyl groups is 1. The molecule has 8 heteroatoms. The highest BCUT2D eigenvalue weighted by Gasteiger charge is 2.32. The molecule has 0 radical (unpaired) electrons. The molecule has 1 rings (SSSR count). The average molecular weight is 311 g/mol. The Morgan fingerprint density at radius 1 is 1.25 bits per heavy atom. The monoisotopic (exact) mass is 311 g/mol. The topological polar surface area (TPSA) is 66.4 Å². The summed E-state index contributed by atoms with van der Waals surface area (Å²) >= 11 is 0. The second kappa shape index (κ2) is 6.11.